The van der Waals surface area contributed by atoms with E-state index in [0.717, 1.165) is 35.7 Å². The van der Waals surface area contributed by atoms with E-state index in [1.54, 1.807) is 0 Å². The van der Waals surface area contributed by atoms with Crippen LogP contribution in [0.4, 0.5) is 5.82 Å². The Morgan fingerprint density at radius 2 is 1.90 bits per heavy atom. The molecule has 0 unspecified atom stereocenters. The van der Waals surface area contributed by atoms with Crippen molar-refractivity contribution in [2.24, 2.45) is 11.8 Å². The van der Waals surface area contributed by atoms with Crippen molar-refractivity contribution >= 4 is 11.6 Å². The Morgan fingerprint density at radius 1 is 1.10 bits per heavy atom. The molecule has 1 aliphatic rings. The Labute approximate surface area is 185 Å². The zero-order valence-electron chi connectivity index (χ0n) is 18.7. The molecule has 3 heterocycles. The minimum Gasteiger partial charge on any atom is -0.356 e. The number of piperidine rings is 1. The van der Waals surface area contributed by atoms with Gasteiger partial charge in [-0.25, -0.2) is 4.98 Å². The van der Waals surface area contributed by atoms with Gasteiger partial charge in [0.2, 0.25) is 5.78 Å². The van der Waals surface area contributed by atoms with E-state index in [2.05, 4.69) is 23.7 Å². The zero-order valence-corrected chi connectivity index (χ0v) is 18.7. The average Bonchev–Trinajstić information content (AvgIpc) is 2.79. The molecule has 0 aliphatic carbocycles. The molecule has 3 aromatic rings. The molecule has 1 saturated heterocycles. The largest absolute Gasteiger partial charge is 0.356 e. The van der Waals surface area contributed by atoms with Gasteiger partial charge in [0.05, 0.1) is 0 Å². The Balaban J connectivity index is 1.59. The Bertz CT molecular complexity index is 1050. The van der Waals surface area contributed by atoms with Gasteiger partial charge in [-0.1, -0.05) is 50.2 Å². The van der Waals surface area contributed by atoms with Crippen LogP contribution in [0.2, 0.25) is 0 Å². The van der Waals surface area contributed by atoms with Crippen LogP contribution in [0.5, 0.6) is 0 Å². The minimum atomic E-state index is -0.0691. The van der Waals surface area contributed by atoms with Crippen molar-refractivity contribution in [1.29, 1.82) is 0 Å². The van der Waals surface area contributed by atoms with Crippen molar-refractivity contribution in [3.05, 3.63) is 77.7 Å². The maximum Gasteiger partial charge on any atom is 0.213 e. The molecule has 1 atom stereocenters. The fraction of sp³-hybridized carbons (Fsp3) is 0.370. The molecule has 31 heavy (non-hydrogen) atoms. The van der Waals surface area contributed by atoms with Crippen LogP contribution in [-0.4, -0.2) is 28.8 Å². The van der Waals surface area contributed by atoms with Crippen molar-refractivity contribution in [1.82, 2.24) is 9.97 Å². The van der Waals surface area contributed by atoms with Crippen LogP contribution in [0.3, 0.4) is 0 Å². The topological polar surface area (TPSA) is 46.1 Å². The SMILES string of the molecule is Cc1ncc(-c2ccccc2)cc1C(=O)c1cccc(N2CCC[C@@H](CC(C)C)C2)n1. The highest BCUT2D eigenvalue weighted by Crippen LogP contribution is 2.27. The predicted molar refractivity (Wildman–Crippen MR) is 126 cm³/mol. The van der Waals surface area contributed by atoms with Crippen molar-refractivity contribution in [3.63, 3.8) is 0 Å². The van der Waals surface area contributed by atoms with Gasteiger partial charge in [-0.05, 0) is 61.8 Å². The van der Waals surface area contributed by atoms with E-state index < -0.39 is 0 Å². The summed E-state index contributed by atoms with van der Waals surface area (Å²) in [6, 6.07) is 17.8. The van der Waals surface area contributed by atoms with E-state index in [1.165, 1.54) is 19.3 Å². The monoisotopic (exact) mass is 413 g/mol. The Morgan fingerprint density at radius 3 is 2.68 bits per heavy atom. The van der Waals surface area contributed by atoms with Crippen molar-refractivity contribution in [3.8, 4) is 11.1 Å². The van der Waals surface area contributed by atoms with Gasteiger partial charge in [-0.15, -0.1) is 0 Å². The molecule has 0 spiro atoms. The van der Waals surface area contributed by atoms with Gasteiger partial charge in [0.15, 0.2) is 0 Å². The Kier molecular flexibility index (Phi) is 6.45. The van der Waals surface area contributed by atoms with E-state index in [9.17, 15) is 4.79 Å². The number of aromatic nitrogens is 2. The van der Waals surface area contributed by atoms with Gasteiger partial charge in [0, 0.05) is 36.1 Å². The minimum absolute atomic E-state index is 0.0691. The van der Waals surface area contributed by atoms with Gasteiger partial charge < -0.3 is 4.90 Å². The van der Waals surface area contributed by atoms with Crippen LogP contribution < -0.4 is 4.90 Å². The lowest BCUT2D eigenvalue weighted by Crippen LogP contribution is -2.36. The highest BCUT2D eigenvalue weighted by atomic mass is 16.1. The zero-order chi connectivity index (χ0) is 21.8. The molecule has 0 N–H and O–H groups in total. The van der Waals surface area contributed by atoms with Crippen LogP contribution in [-0.2, 0) is 0 Å². The molecular weight excluding hydrogens is 382 g/mol. The van der Waals surface area contributed by atoms with Gasteiger partial charge in [0.25, 0.3) is 0 Å². The third kappa shape index (κ3) is 5.01. The van der Waals surface area contributed by atoms with Gasteiger partial charge >= 0.3 is 0 Å². The first-order valence-electron chi connectivity index (χ1n) is 11.3. The fourth-order valence-electron chi connectivity index (χ4n) is 4.55. The number of carbonyl (C=O) groups is 1. The molecule has 160 valence electrons. The highest BCUT2D eigenvalue weighted by molar-refractivity contribution is 6.09. The predicted octanol–water partition coefficient (Wildman–Crippen LogP) is 5.95. The number of hydrogen-bond donors (Lipinski definition) is 0. The van der Waals surface area contributed by atoms with E-state index in [1.807, 2.05) is 67.7 Å². The third-order valence-corrected chi connectivity index (χ3v) is 6.05. The number of nitrogens with zero attached hydrogens (tertiary/aromatic N) is 3. The molecule has 0 saturated carbocycles. The number of rotatable bonds is 6. The van der Waals surface area contributed by atoms with Crippen molar-refractivity contribution < 1.29 is 4.79 Å². The summed E-state index contributed by atoms with van der Waals surface area (Å²) in [5.74, 6) is 2.24. The molecule has 4 rings (SSSR count). The second-order valence-corrected chi connectivity index (χ2v) is 9.02. The molecule has 0 radical (unpaired) electrons. The van der Waals surface area contributed by atoms with E-state index >= 15 is 0 Å². The summed E-state index contributed by atoms with van der Waals surface area (Å²) >= 11 is 0. The molecule has 0 bridgehead atoms. The number of ketones is 1. The standard InChI is InChI=1S/C27H31N3O/c1-19(2)15-21-9-8-14-30(18-21)26-13-7-12-25(29-26)27(31)24-16-23(17-28-20(24)3)22-10-5-4-6-11-22/h4-7,10-13,16-17,19,21H,8-9,14-15,18H2,1-3H3/t21-/m0/s1. The first kappa shape index (κ1) is 21.2. The number of hydrogen-bond acceptors (Lipinski definition) is 4. The first-order chi connectivity index (χ1) is 15.0. The normalized spacial score (nSPS) is 16.5. The number of anilines is 1. The molecule has 4 nitrogen and oxygen atoms in total. The second kappa shape index (κ2) is 9.42. The number of benzene rings is 1. The summed E-state index contributed by atoms with van der Waals surface area (Å²) in [7, 11) is 0. The van der Waals surface area contributed by atoms with Gasteiger partial charge in [-0.2, -0.15) is 0 Å². The number of aryl methyl sites for hydroxylation is 1. The van der Waals surface area contributed by atoms with Crippen molar-refractivity contribution in [2.75, 3.05) is 18.0 Å². The third-order valence-electron chi connectivity index (χ3n) is 6.05. The fourth-order valence-corrected chi connectivity index (χ4v) is 4.55. The van der Waals surface area contributed by atoms with Gasteiger partial charge in [0.1, 0.15) is 11.5 Å². The quantitative estimate of drug-likeness (QED) is 0.469. The summed E-state index contributed by atoms with van der Waals surface area (Å²) in [5.41, 5.74) is 3.82. The molecule has 4 heteroatoms. The first-order valence-corrected chi connectivity index (χ1v) is 11.3. The number of pyridine rings is 2. The highest BCUT2D eigenvalue weighted by Gasteiger charge is 2.23. The lowest BCUT2D eigenvalue weighted by molar-refractivity contribution is 0.103. The maximum absolute atomic E-state index is 13.4. The summed E-state index contributed by atoms with van der Waals surface area (Å²) in [5, 5.41) is 0. The van der Waals surface area contributed by atoms with Crippen LogP contribution >= 0.6 is 0 Å². The molecule has 2 aromatic heterocycles. The molecular formula is C27H31N3O. The maximum atomic E-state index is 13.4. The van der Waals surface area contributed by atoms with E-state index in [0.29, 0.717) is 23.1 Å². The molecule has 1 aliphatic heterocycles. The smallest absolute Gasteiger partial charge is 0.213 e. The van der Waals surface area contributed by atoms with Crippen LogP contribution in [0.25, 0.3) is 11.1 Å². The van der Waals surface area contributed by atoms with Crippen molar-refractivity contribution in [2.45, 2.75) is 40.0 Å². The molecule has 0 amide bonds. The summed E-state index contributed by atoms with van der Waals surface area (Å²) in [6.07, 6.45) is 5.53. The summed E-state index contributed by atoms with van der Waals surface area (Å²) in [6.45, 7) is 8.48. The van der Waals surface area contributed by atoms with E-state index in [4.69, 9.17) is 4.98 Å². The van der Waals surface area contributed by atoms with Gasteiger partial charge in [-0.3, -0.25) is 9.78 Å². The lowest BCUT2D eigenvalue weighted by Gasteiger charge is -2.34. The lowest BCUT2D eigenvalue weighted by atomic mass is 9.90. The average molecular weight is 414 g/mol. The Hall–Kier alpha value is -3.01. The second-order valence-electron chi connectivity index (χ2n) is 9.02. The van der Waals surface area contributed by atoms with E-state index in [-0.39, 0.29) is 5.78 Å². The molecule has 1 fully saturated rings. The van der Waals surface area contributed by atoms with Crippen LogP contribution in [0, 0.1) is 18.8 Å². The molecule has 1 aromatic carbocycles. The number of carbonyl (C=O) groups excluding carboxylic acids is 1. The van der Waals surface area contributed by atoms with Crippen LogP contribution in [0.1, 0.15) is 54.9 Å². The summed E-state index contributed by atoms with van der Waals surface area (Å²) < 4.78 is 0. The summed E-state index contributed by atoms with van der Waals surface area (Å²) in [4.78, 5) is 25.0. The van der Waals surface area contributed by atoms with Crippen LogP contribution in [0.15, 0.2) is 60.8 Å².